The van der Waals surface area contributed by atoms with Crippen molar-refractivity contribution < 1.29 is 14.3 Å². The maximum absolute atomic E-state index is 12.7. The summed E-state index contributed by atoms with van der Waals surface area (Å²) in [4.78, 5) is 26.7. The van der Waals surface area contributed by atoms with Gasteiger partial charge in [-0.15, -0.1) is 11.8 Å². The van der Waals surface area contributed by atoms with Crippen molar-refractivity contribution in [2.24, 2.45) is 0 Å². The molecule has 24 heavy (non-hydrogen) atoms. The lowest BCUT2D eigenvalue weighted by atomic mass is 10.1. The van der Waals surface area contributed by atoms with Crippen molar-refractivity contribution in [3.63, 3.8) is 0 Å². The van der Waals surface area contributed by atoms with E-state index in [1.807, 2.05) is 51.1 Å². The van der Waals surface area contributed by atoms with E-state index in [1.165, 1.54) is 0 Å². The normalized spacial score (nSPS) is 19.2. The number of hydrogen-bond acceptors (Lipinski definition) is 4. The number of amides is 2. The lowest BCUT2D eigenvalue weighted by Gasteiger charge is -2.29. The predicted octanol–water partition coefficient (Wildman–Crippen LogP) is 2.41. The topological polar surface area (TPSA) is 58.6 Å². The molecular weight excluding hydrogens is 324 g/mol. The van der Waals surface area contributed by atoms with E-state index in [9.17, 15) is 9.59 Å². The molecule has 2 unspecified atom stereocenters. The highest BCUT2D eigenvalue weighted by Gasteiger charge is 2.37. The Morgan fingerprint density at radius 2 is 2.00 bits per heavy atom. The van der Waals surface area contributed by atoms with Crippen LogP contribution in [0.4, 0.5) is 0 Å². The molecule has 5 nitrogen and oxygen atoms in total. The second-order valence-corrected chi connectivity index (χ2v) is 8.00. The molecule has 1 saturated heterocycles. The summed E-state index contributed by atoms with van der Waals surface area (Å²) in [6.45, 7) is 7.93. The van der Waals surface area contributed by atoms with Crippen molar-refractivity contribution in [2.75, 3.05) is 11.6 Å². The molecule has 0 aliphatic carbocycles. The van der Waals surface area contributed by atoms with Gasteiger partial charge in [-0.25, -0.2) is 0 Å². The molecule has 1 aliphatic rings. The van der Waals surface area contributed by atoms with Crippen LogP contribution in [0.25, 0.3) is 0 Å². The van der Waals surface area contributed by atoms with E-state index in [1.54, 1.807) is 23.6 Å². The largest absolute Gasteiger partial charge is 0.364 e. The smallest absolute Gasteiger partial charge is 0.252 e. The number of hydrogen-bond donors (Lipinski definition) is 1. The summed E-state index contributed by atoms with van der Waals surface area (Å²) in [5, 5.41) is 2.96. The fraction of sp³-hybridized carbons (Fsp3) is 0.556. The van der Waals surface area contributed by atoms with Gasteiger partial charge in [0.05, 0.1) is 12.5 Å². The maximum Gasteiger partial charge on any atom is 0.252 e. The Kier molecular flexibility index (Phi) is 6.29. The number of carbonyl (C=O) groups is 2. The van der Waals surface area contributed by atoms with E-state index < -0.39 is 12.1 Å². The third-order valence-electron chi connectivity index (χ3n) is 3.66. The molecule has 1 N–H and O–H groups in total. The molecule has 6 heteroatoms. The quantitative estimate of drug-likeness (QED) is 0.886. The van der Waals surface area contributed by atoms with Gasteiger partial charge in [-0.2, -0.15) is 0 Å². The standard InChI is InChI=1S/C18H26N2O3S/c1-13(23-10-14-8-6-5-7-9-14)17(22)20-12-24-11-15(20)16(21)19-18(2,3)4/h5-9,13,15H,10-12H2,1-4H3,(H,19,21). The van der Waals surface area contributed by atoms with Crippen LogP contribution >= 0.6 is 11.8 Å². The van der Waals surface area contributed by atoms with Crippen molar-refractivity contribution in [2.45, 2.75) is 52.0 Å². The minimum atomic E-state index is -0.575. The summed E-state index contributed by atoms with van der Waals surface area (Å²) >= 11 is 1.59. The zero-order chi connectivity index (χ0) is 17.7. The van der Waals surface area contributed by atoms with Gasteiger partial charge < -0.3 is 15.0 Å². The van der Waals surface area contributed by atoms with Crippen LogP contribution in [0.3, 0.4) is 0 Å². The molecule has 132 valence electrons. The highest BCUT2D eigenvalue weighted by molar-refractivity contribution is 7.99. The number of rotatable bonds is 5. The van der Waals surface area contributed by atoms with Crippen LogP contribution < -0.4 is 5.32 Å². The average Bonchev–Trinajstić information content (AvgIpc) is 3.01. The van der Waals surface area contributed by atoms with Crippen LogP contribution in [-0.2, 0) is 20.9 Å². The molecule has 0 bridgehead atoms. The molecule has 0 spiro atoms. The molecule has 0 saturated carbocycles. The van der Waals surface area contributed by atoms with Crippen LogP contribution in [0.1, 0.15) is 33.3 Å². The van der Waals surface area contributed by atoms with Crippen LogP contribution in [0, 0.1) is 0 Å². The van der Waals surface area contributed by atoms with Gasteiger partial charge in [0, 0.05) is 11.3 Å². The summed E-state index contributed by atoms with van der Waals surface area (Å²) < 4.78 is 5.70. The van der Waals surface area contributed by atoms with Gasteiger partial charge in [-0.1, -0.05) is 30.3 Å². The van der Waals surface area contributed by atoms with Crippen molar-refractivity contribution in [1.29, 1.82) is 0 Å². The first kappa shape index (κ1) is 18.8. The SMILES string of the molecule is CC(OCc1ccccc1)C(=O)N1CSCC1C(=O)NC(C)(C)C. The first-order chi connectivity index (χ1) is 11.3. The second-order valence-electron chi connectivity index (χ2n) is 7.00. The third-order valence-corrected chi connectivity index (χ3v) is 4.67. The first-order valence-electron chi connectivity index (χ1n) is 8.14. The summed E-state index contributed by atoms with van der Waals surface area (Å²) in [7, 11) is 0. The zero-order valence-electron chi connectivity index (χ0n) is 14.7. The molecule has 1 heterocycles. The Balaban J connectivity index is 1.93. The molecule has 0 radical (unpaired) electrons. The van der Waals surface area contributed by atoms with Crippen LogP contribution in [0.15, 0.2) is 30.3 Å². The lowest BCUT2D eigenvalue weighted by molar-refractivity contribution is -0.147. The molecule has 2 atom stereocenters. The van der Waals surface area contributed by atoms with Gasteiger partial charge in [-0.3, -0.25) is 9.59 Å². The van der Waals surface area contributed by atoms with Crippen molar-refractivity contribution in [1.82, 2.24) is 10.2 Å². The summed E-state index contributed by atoms with van der Waals surface area (Å²) in [5.41, 5.74) is 0.712. The molecule has 2 rings (SSSR count). The Labute approximate surface area is 148 Å². The molecule has 0 aromatic heterocycles. The van der Waals surface area contributed by atoms with Crippen molar-refractivity contribution in [3.8, 4) is 0 Å². The number of benzene rings is 1. The molecular formula is C18H26N2O3S. The van der Waals surface area contributed by atoms with E-state index in [4.69, 9.17) is 4.74 Å². The van der Waals surface area contributed by atoms with Gasteiger partial charge in [0.15, 0.2) is 0 Å². The Hall–Kier alpha value is -1.53. The average molecular weight is 350 g/mol. The minimum Gasteiger partial charge on any atom is -0.364 e. The first-order valence-corrected chi connectivity index (χ1v) is 9.29. The number of nitrogens with one attached hydrogen (secondary N) is 1. The minimum absolute atomic E-state index is 0.101. The highest BCUT2D eigenvalue weighted by atomic mass is 32.2. The predicted molar refractivity (Wildman–Crippen MR) is 96.5 cm³/mol. The Bertz CT molecular complexity index is 571. The number of carbonyl (C=O) groups excluding carboxylic acids is 2. The summed E-state index contributed by atoms with van der Waals surface area (Å²) in [5.74, 6) is 0.917. The van der Waals surface area contributed by atoms with E-state index in [2.05, 4.69) is 5.32 Å². The van der Waals surface area contributed by atoms with Gasteiger partial charge in [0.2, 0.25) is 5.91 Å². The molecule has 1 aromatic carbocycles. The maximum atomic E-state index is 12.7. The fourth-order valence-electron chi connectivity index (χ4n) is 2.43. The lowest BCUT2D eigenvalue weighted by Crippen LogP contribution is -2.53. The molecule has 2 amide bonds. The van der Waals surface area contributed by atoms with E-state index in [-0.39, 0.29) is 17.4 Å². The number of ether oxygens (including phenoxy) is 1. The van der Waals surface area contributed by atoms with Gasteiger partial charge in [0.25, 0.3) is 5.91 Å². The van der Waals surface area contributed by atoms with E-state index in [0.29, 0.717) is 18.2 Å². The van der Waals surface area contributed by atoms with E-state index >= 15 is 0 Å². The summed E-state index contributed by atoms with van der Waals surface area (Å²) in [6, 6.07) is 9.32. The summed E-state index contributed by atoms with van der Waals surface area (Å²) in [6.07, 6.45) is -0.575. The second kappa shape index (κ2) is 8.03. The van der Waals surface area contributed by atoms with Gasteiger partial charge in [-0.05, 0) is 33.3 Å². The third kappa shape index (κ3) is 5.24. The van der Waals surface area contributed by atoms with Crippen LogP contribution in [-0.4, -0.2) is 46.0 Å². The monoisotopic (exact) mass is 350 g/mol. The van der Waals surface area contributed by atoms with Crippen LogP contribution in [0.5, 0.6) is 0 Å². The number of nitrogens with zero attached hydrogens (tertiary/aromatic N) is 1. The van der Waals surface area contributed by atoms with Gasteiger partial charge in [0.1, 0.15) is 12.1 Å². The Morgan fingerprint density at radius 1 is 1.33 bits per heavy atom. The molecule has 1 aliphatic heterocycles. The van der Waals surface area contributed by atoms with Gasteiger partial charge >= 0.3 is 0 Å². The zero-order valence-corrected chi connectivity index (χ0v) is 15.6. The van der Waals surface area contributed by atoms with Crippen molar-refractivity contribution in [3.05, 3.63) is 35.9 Å². The number of thioether (sulfide) groups is 1. The van der Waals surface area contributed by atoms with E-state index in [0.717, 1.165) is 5.56 Å². The van der Waals surface area contributed by atoms with Crippen LogP contribution in [0.2, 0.25) is 0 Å². The molecule has 1 aromatic rings. The van der Waals surface area contributed by atoms with Crippen molar-refractivity contribution >= 4 is 23.6 Å². The highest BCUT2D eigenvalue weighted by Crippen LogP contribution is 2.23. The molecule has 1 fully saturated rings. The fourth-order valence-corrected chi connectivity index (χ4v) is 3.59. The Morgan fingerprint density at radius 3 is 2.62 bits per heavy atom.